The van der Waals surface area contributed by atoms with E-state index in [1.807, 2.05) is 24.3 Å². The summed E-state index contributed by atoms with van der Waals surface area (Å²) in [4.78, 5) is 27.3. The van der Waals surface area contributed by atoms with Crippen molar-refractivity contribution in [3.05, 3.63) is 28.7 Å². The molecule has 1 aromatic rings. The number of hydrogen-bond donors (Lipinski definition) is 1. The number of aliphatic hydroxyl groups excluding tert-OH is 1. The third-order valence-corrected chi connectivity index (χ3v) is 3.90. The van der Waals surface area contributed by atoms with Crippen molar-refractivity contribution in [1.29, 1.82) is 0 Å². The van der Waals surface area contributed by atoms with Gasteiger partial charge in [0.2, 0.25) is 11.8 Å². The summed E-state index contributed by atoms with van der Waals surface area (Å²) in [6.07, 6.45) is 0.223. The summed E-state index contributed by atoms with van der Waals surface area (Å²) in [5.74, 6) is -0.471. The zero-order valence-electron chi connectivity index (χ0n) is 11.3. The molecule has 0 aromatic heterocycles. The van der Waals surface area contributed by atoms with Gasteiger partial charge in [0.05, 0.1) is 12.5 Å². The number of rotatable bonds is 4. The number of hydrogen-bond acceptors (Lipinski definition) is 3. The Morgan fingerprint density at radius 3 is 2.95 bits per heavy atom. The van der Waals surface area contributed by atoms with Crippen LogP contribution in [0.15, 0.2) is 28.7 Å². The lowest BCUT2D eigenvalue weighted by Gasteiger charge is -2.20. The lowest BCUT2D eigenvalue weighted by atomic mass is 10.1. The van der Waals surface area contributed by atoms with Gasteiger partial charge in [0, 0.05) is 36.7 Å². The maximum atomic E-state index is 12.2. The van der Waals surface area contributed by atoms with Crippen molar-refractivity contribution in [3.63, 3.8) is 0 Å². The van der Waals surface area contributed by atoms with E-state index in [-0.39, 0.29) is 30.8 Å². The Hall–Kier alpha value is -1.40. The van der Waals surface area contributed by atoms with Crippen molar-refractivity contribution in [3.8, 4) is 0 Å². The zero-order valence-corrected chi connectivity index (χ0v) is 12.8. The number of aliphatic hydroxyl groups is 1. The SMILES string of the molecule is CN(CCO)C(=O)C1CC(=O)N(c2cccc(Br)c2)C1. The molecule has 1 unspecified atom stereocenters. The van der Waals surface area contributed by atoms with Crippen molar-refractivity contribution in [2.45, 2.75) is 6.42 Å². The number of likely N-dealkylation sites (N-methyl/N-ethyl adjacent to an activating group) is 1. The molecule has 0 radical (unpaired) electrons. The fourth-order valence-corrected chi connectivity index (χ4v) is 2.73. The maximum Gasteiger partial charge on any atom is 0.227 e. The number of carbonyl (C=O) groups excluding carboxylic acids is 2. The molecule has 1 N–H and O–H groups in total. The quantitative estimate of drug-likeness (QED) is 0.897. The monoisotopic (exact) mass is 340 g/mol. The second-order valence-electron chi connectivity index (χ2n) is 4.87. The number of nitrogens with zero attached hydrogens (tertiary/aromatic N) is 2. The minimum atomic E-state index is -0.335. The Balaban J connectivity index is 2.09. The smallest absolute Gasteiger partial charge is 0.227 e. The average molecular weight is 341 g/mol. The van der Waals surface area contributed by atoms with E-state index in [1.165, 1.54) is 4.90 Å². The van der Waals surface area contributed by atoms with Gasteiger partial charge in [0.1, 0.15) is 0 Å². The van der Waals surface area contributed by atoms with Crippen LogP contribution >= 0.6 is 15.9 Å². The molecular weight excluding hydrogens is 324 g/mol. The van der Waals surface area contributed by atoms with Crippen LogP contribution in [-0.4, -0.2) is 48.6 Å². The summed E-state index contributed by atoms with van der Waals surface area (Å²) >= 11 is 3.38. The molecule has 1 aromatic carbocycles. The van der Waals surface area contributed by atoms with Gasteiger partial charge in [-0.05, 0) is 18.2 Å². The highest BCUT2D eigenvalue weighted by atomic mass is 79.9. The van der Waals surface area contributed by atoms with Crippen LogP contribution in [0, 0.1) is 5.92 Å². The Bertz CT molecular complexity index is 521. The van der Waals surface area contributed by atoms with E-state index in [4.69, 9.17) is 5.11 Å². The van der Waals surface area contributed by atoms with Gasteiger partial charge < -0.3 is 14.9 Å². The zero-order chi connectivity index (χ0) is 14.7. The number of halogens is 1. The van der Waals surface area contributed by atoms with E-state index < -0.39 is 0 Å². The van der Waals surface area contributed by atoms with Crippen LogP contribution in [0.5, 0.6) is 0 Å². The van der Waals surface area contributed by atoms with Crippen molar-refractivity contribution in [2.24, 2.45) is 5.92 Å². The topological polar surface area (TPSA) is 60.9 Å². The minimum absolute atomic E-state index is 0.0427. The molecule has 1 saturated heterocycles. The fourth-order valence-electron chi connectivity index (χ4n) is 2.34. The summed E-state index contributed by atoms with van der Waals surface area (Å²) in [6.45, 7) is 0.614. The lowest BCUT2D eigenvalue weighted by Crippen LogP contribution is -2.36. The molecule has 108 valence electrons. The molecule has 5 nitrogen and oxygen atoms in total. The molecular formula is C14H17BrN2O3. The van der Waals surface area contributed by atoms with Crippen LogP contribution in [0.2, 0.25) is 0 Å². The van der Waals surface area contributed by atoms with Crippen LogP contribution < -0.4 is 4.90 Å². The number of carbonyl (C=O) groups is 2. The van der Waals surface area contributed by atoms with Gasteiger partial charge in [-0.2, -0.15) is 0 Å². The van der Waals surface area contributed by atoms with Gasteiger partial charge in [-0.3, -0.25) is 9.59 Å². The lowest BCUT2D eigenvalue weighted by molar-refractivity contribution is -0.134. The molecule has 1 aliphatic heterocycles. The minimum Gasteiger partial charge on any atom is -0.395 e. The molecule has 6 heteroatoms. The number of anilines is 1. The maximum absolute atomic E-state index is 12.2. The van der Waals surface area contributed by atoms with E-state index in [1.54, 1.807) is 11.9 Å². The molecule has 2 rings (SSSR count). The van der Waals surface area contributed by atoms with Crippen LogP contribution in [0.25, 0.3) is 0 Å². The van der Waals surface area contributed by atoms with E-state index in [9.17, 15) is 9.59 Å². The van der Waals surface area contributed by atoms with Crippen molar-refractivity contribution in [2.75, 3.05) is 31.6 Å². The molecule has 1 aliphatic rings. The summed E-state index contributed by atoms with van der Waals surface area (Å²) in [7, 11) is 1.64. The van der Waals surface area contributed by atoms with Crippen LogP contribution in [0.1, 0.15) is 6.42 Å². The van der Waals surface area contributed by atoms with Crippen molar-refractivity contribution >= 4 is 33.4 Å². The summed E-state index contributed by atoms with van der Waals surface area (Å²) in [5.41, 5.74) is 0.796. The van der Waals surface area contributed by atoms with Gasteiger partial charge in [0.25, 0.3) is 0 Å². The average Bonchev–Trinajstić information content (AvgIpc) is 2.80. The number of benzene rings is 1. The van der Waals surface area contributed by atoms with Crippen molar-refractivity contribution in [1.82, 2.24) is 4.90 Å². The largest absolute Gasteiger partial charge is 0.395 e. The first kappa shape index (κ1) is 15.0. The molecule has 0 bridgehead atoms. The molecule has 0 aliphatic carbocycles. The normalized spacial score (nSPS) is 18.4. The molecule has 1 atom stereocenters. The standard InChI is InChI=1S/C14H17BrN2O3/c1-16(5-6-18)14(20)10-7-13(19)17(9-10)12-4-2-3-11(15)8-12/h2-4,8,10,18H,5-7,9H2,1H3. The highest BCUT2D eigenvalue weighted by molar-refractivity contribution is 9.10. The highest BCUT2D eigenvalue weighted by Gasteiger charge is 2.36. The first-order valence-electron chi connectivity index (χ1n) is 6.44. The summed E-state index contributed by atoms with van der Waals surface area (Å²) in [5, 5.41) is 8.86. The predicted molar refractivity (Wildman–Crippen MR) is 79.3 cm³/mol. The molecule has 1 fully saturated rings. The van der Waals surface area contributed by atoms with Gasteiger partial charge >= 0.3 is 0 Å². The number of amides is 2. The van der Waals surface area contributed by atoms with E-state index in [0.717, 1.165) is 10.2 Å². The van der Waals surface area contributed by atoms with Crippen LogP contribution in [0.3, 0.4) is 0 Å². The predicted octanol–water partition coefficient (Wildman–Crippen LogP) is 1.25. The Morgan fingerprint density at radius 1 is 1.55 bits per heavy atom. The third-order valence-electron chi connectivity index (χ3n) is 3.41. The van der Waals surface area contributed by atoms with E-state index in [2.05, 4.69) is 15.9 Å². The third kappa shape index (κ3) is 3.19. The van der Waals surface area contributed by atoms with E-state index in [0.29, 0.717) is 13.1 Å². The molecule has 2 amide bonds. The van der Waals surface area contributed by atoms with E-state index >= 15 is 0 Å². The summed E-state index contributed by atoms with van der Waals surface area (Å²) < 4.78 is 0.898. The molecule has 1 heterocycles. The van der Waals surface area contributed by atoms with Gasteiger partial charge in [-0.15, -0.1) is 0 Å². The first-order valence-corrected chi connectivity index (χ1v) is 7.24. The van der Waals surface area contributed by atoms with Gasteiger partial charge in [-0.25, -0.2) is 0 Å². The first-order chi connectivity index (χ1) is 9.52. The molecule has 0 spiro atoms. The second-order valence-corrected chi connectivity index (χ2v) is 5.78. The molecule has 20 heavy (non-hydrogen) atoms. The Labute approximate surface area is 126 Å². The Morgan fingerprint density at radius 2 is 2.30 bits per heavy atom. The van der Waals surface area contributed by atoms with Gasteiger partial charge in [-0.1, -0.05) is 22.0 Å². The highest BCUT2D eigenvalue weighted by Crippen LogP contribution is 2.27. The molecule has 0 saturated carbocycles. The van der Waals surface area contributed by atoms with Gasteiger partial charge in [0.15, 0.2) is 0 Å². The van der Waals surface area contributed by atoms with Crippen LogP contribution in [-0.2, 0) is 9.59 Å². The van der Waals surface area contributed by atoms with Crippen LogP contribution in [0.4, 0.5) is 5.69 Å². The Kier molecular flexibility index (Phi) is 4.77. The fraction of sp³-hybridized carbons (Fsp3) is 0.429. The summed E-state index contributed by atoms with van der Waals surface area (Å²) in [6, 6.07) is 7.47. The second kappa shape index (κ2) is 6.37. The van der Waals surface area contributed by atoms with Crippen molar-refractivity contribution < 1.29 is 14.7 Å².